The van der Waals surface area contributed by atoms with E-state index in [-0.39, 0.29) is 6.04 Å². The highest BCUT2D eigenvalue weighted by molar-refractivity contribution is 5.55. The molecule has 0 radical (unpaired) electrons. The van der Waals surface area contributed by atoms with Gasteiger partial charge in [-0.1, -0.05) is 18.2 Å². The van der Waals surface area contributed by atoms with E-state index in [1.807, 2.05) is 0 Å². The van der Waals surface area contributed by atoms with Crippen molar-refractivity contribution in [3.63, 3.8) is 0 Å². The number of nitrogens with zero attached hydrogens (tertiary/aromatic N) is 2. The summed E-state index contributed by atoms with van der Waals surface area (Å²) in [4.78, 5) is 4.93. The fourth-order valence-electron chi connectivity index (χ4n) is 2.86. The van der Waals surface area contributed by atoms with Crippen molar-refractivity contribution in [1.29, 1.82) is 0 Å². The number of hydrogen-bond acceptors (Lipinski definition) is 3. The Morgan fingerprint density at radius 1 is 1.28 bits per heavy atom. The monoisotopic (exact) mass is 247 g/mol. The molecule has 2 rings (SSSR count). The lowest BCUT2D eigenvalue weighted by molar-refractivity contribution is 0.337. The average Bonchev–Trinajstić information content (AvgIpc) is 2.50. The molecule has 0 bridgehead atoms. The summed E-state index contributed by atoms with van der Waals surface area (Å²) in [7, 11) is 2.21. The van der Waals surface area contributed by atoms with Gasteiger partial charge in [-0.2, -0.15) is 0 Å². The van der Waals surface area contributed by atoms with E-state index in [0.717, 1.165) is 13.1 Å². The van der Waals surface area contributed by atoms with Crippen LogP contribution in [0.15, 0.2) is 24.3 Å². The van der Waals surface area contributed by atoms with E-state index in [9.17, 15) is 0 Å². The molecule has 100 valence electrons. The highest BCUT2D eigenvalue weighted by Gasteiger charge is 2.22. The molecule has 0 spiro atoms. The predicted molar refractivity (Wildman–Crippen MR) is 78.0 cm³/mol. The van der Waals surface area contributed by atoms with Crippen LogP contribution >= 0.6 is 0 Å². The molecule has 0 aromatic heterocycles. The predicted octanol–water partition coefficient (Wildman–Crippen LogP) is 2.24. The summed E-state index contributed by atoms with van der Waals surface area (Å²) < 4.78 is 0. The molecule has 1 saturated heterocycles. The number of hydrogen-bond donors (Lipinski definition) is 1. The molecule has 1 heterocycles. The minimum Gasteiger partial charge on any atom is -0.367 e. The van der Waals surface area contributed by atoms with Gasteiger partial charge in [0.1, 0.15) is 0 Å². The molecule has 0 amide bonds. The van der Waals surface area contributed by atoms with E-state index >= 15 is 0 Å². The molecular weight excluding hydrogens is 222 g/mol. The molecule has 18 heavy (non-hydrogen) atoms. The average molecular weight is 247 g/mol. The SMILES string of the molecule is CC1CN(C)CCCN1c1ccccc1[C@@H](C)N. The number of anilines is 1. The molecule has 1 unspecified atom stereocenters. The first-order chi connectivity index (χ1) is 8.59. The molecular formula is C15H25N3. The Labute approximate surface area is 111 Å². The summed E-state index contributed by atoms with van der Waals surface area (Å²) in [6.45, 7) is 7.79. The lowest BCUT2D eigenvalue weighted by atomic mass is 10.0. The molecule has 3 nitrogen and oxygen atoms in total. The minimum absolute atomic E-state index is 0.0920. The van der Waals surface area contributed by atoms with Crippen molar-refractivity contribution in [2.24, 2.45) is 5.73 Å². The molecule has 3 heteroatoms. The zero-order valence-corrected chi connectivity index (χ0v) is 11.8. The second-order valence-electron chi connectivity index (χ2n) is 5.51. The number of rotatable bonds is 2. The smallest absolute Gasteiger partial charge is 0.0417 e. The molecule has 1 aliphatic heterocycles. The molecule has 0 saturated carbocycles. The van der Waals surface area contributed by atoms with E-state index < -0.39 is 0 Å². The number of likely N-dealkylation sites (N-methyl/N-ethyl adjacent to an activating group) is 1. The Bertz CT molecular complexity index is 389. The van der Waals surface area contributed by atoms with Crippen LogP contribution in [0.2, 0.25) is 0 Å². The van der Waals surface area contributed by atoms with Crippen LogP contribution in [0.4, 0.5) is 5.69 Å². The topological polar surface area (TPSA) is 32.5 Å². The Kier molecular flexibility index (Phi) is 4.25. The third-order valence-electron chi connectivity index (χ3n) is 3.78. The highest BCUT2D eigenvalue weighted by atomic mass is 15.2. The van der Waals surface area contributed by atoms with Crippen LogP contribution in [0.3, 0.4) is 0 Å². The molecule has 1 aliphatic rings. The maximum atomic E-state index is 6.10. The van der Waals surface area contributed by atoms with Crippen molar-refractivity contribution < 1.29 is 0 Å². The Hall–Kier alpha value is -1.06. The first-order valence-corrected chi connectivity index (χ1v) is 6.89. The van der Waals surface area contributed by atoms with E-state index in [0.29, 0.717) is 6.04 Å². The van der Waals surface area contributed by atoms with E-state index in [1.165, 1.54) is 24.2 Å². The molecule has 0 aliphatic carbocycles. The highest BCUT2D eigenvalue weighted by Crippen LogP contribution is 2.27. The van der Waals surface area contributed by atoms with Gasteiger partial charge in [-0.25, -0.2) is 0 Å². The van der Waals surface area contributed by atoms with Gasteiger partial charge in [-0.3, -0.25) is 0 Å². The zero-order chi connectivity index (χ0) is 13.1. The van der Waals surface area contributed by atoms with Gasteiger partial charge >= 0.3 is 0 Å². The number of nitrogens with two attached hydrogens (primary N) is 1. The van der Waals surface area contributed by atoms with Gasteiger partial charge in [-0.05, 0) is 45.5 Å². The summed E-state index contributed by atoms with van der Waals surface area (Å²) in [6, 6.07) is 9.19. The summed E-state index contributed by atoms with van der Waals surface area (Å²) in [5.41, 5.74) is 8.67. The maximum Gasteiger partial charge on any atom is 0.0417 e. The second kappa shape index (κ2) is 5.72. The normalized spacial score (nSPS) is 23.8. The minimum atomic E-state index is 0.0920. The summed E-state index contributed by atoms with van der Waals surface area (Å²) >= 11 is 0. The van der Waals surface area contributed by atoms with Crippen molar-refractivity contribution in [1.82, 2.24) is 4.90 Å². The van der Waals surface area contributed by atoms with Crippen molar-refractivity contribution in [3.8, 4) is 0 Å². The molecule has 2 atom stereocenters. The molecule has 1 aromatic carbocycles. The van der Waals surface area contributed by atoms with Crippen LogP contribution in [0.25, 0.3) is 0 Å². The molecule has 1 fully saturated rings. The second-order valence-corrected chi connectivity index (χ2v) is 5.51. The van der Waals surface area contributed by atoms with Crippen LogP contribution in [-0.4, -0.2) is 37.6 Å². The summed E-state index contributed by atoms with van der Waals surface area (Å²) in [5, 5.41) is 0. The number of benzene rings is 1. The molecule has 1 aromatic rings. The molecule has 2 N–H and O–H groups in total. The van der Waals surface area contributed by atoms with Gasteiger partial charge < -0.3 is 15.5 Å². The first-order valence-electron chi connectivity index (χ1n) is 6.89. The lowest BCUT2D eigenvalue weighted by Gasteiger charge is -2.32. The van der Waals surface area contributed by atoms with Gasteiger partial charge in [-0.15, -0.1) is 0 Å². The van der Waals surface area contributed by atoms with Crippen LogP contribution in [0, 0.1) is 0 Å². The fourth-order valence-corrected chi connectivity index (χ4v) is 2.86. The quantitative estimate of drug-likeness (QED) is 0.870. The van der Waals surface area contributed by atoms with Crippen LogP contribution in [0.5, 0.6) is 0 Å². The standard InChI is InChI=1S/C15H25N3/c1-12-11-17(3)9-6-10-18(12)15-8-5-4-7-14(15)13(2)16/h4-5,7-8,12-13H,6,9-11,16H2,1-3H3/t12?,13-/m1/s1. The van der Waals surface area contributed by atoms with Gasteiger partial charge in [0.05, 0.1) is 0 Å². The first kappa shape index (κ1) is 13.4. The summed E-state index contributed by atoms with van der Waals surface area (Å²) in [6.07, 6.45) is 1.22. The largest absolute Gasteiger partial charge is 0.367 e. The van der Waals surface area contributed by atoms with E-state index in [4.69, 9.17) is 5.73 Å². The van der Waals surface area contributed by atoms with E-state index in [2.05, 4.69) is 55.0 Å². The Morgan fingerprint density at radius 3 is 2.72 bits per heavy atom. The third kappa shape index (κ3) is 2.85. The van der Waals surface area contributed by atoms with Crippen molar-refractivity contribution in [2.45, 2.75) is 32.4 Å². The zero-order valence-electron chi connectivity index (χ0n) is 11.8. The fraction of sp³-hybridized carbons (Fsp3) is 0.600. The van der Waals surface area contributed by atoms with Crippen LogP contribution < -0.4 is 10.6 Å². The Balaban J connectivity index is 2.29. The number of para-hydroxylation sites is 1. The third-order valence-corrected chi connectivity index (χ3v) is 3.78. The van der Waals surface area contributed by atoms with Gasteiger partial charge in [0.15, 0.2) is 0 Å². The van der Waals surface area contributed by atoms with Gasteiger partial charge in [0.25, 0.3) is 0 Å². The Morgan fingerprint density at radius 2 is 2.00 bits per heavy atom. The van der Waals surface area contributed by atoms with Crippen molar-refractivity contribution >= 4 is 5.69 Å². The van der Waals surface area contributed by atoms with Crippen LogP contribution in [0.1, 0.15) is 31.9 Å². The van der Waals surface area contributed by atoms with Gasteiger partial charge in [0, 0.05) is 30.9 Å². The van der Waals surface area contributed by atoms with E-state index in [1.54, 1.807) is 0 Å². The van der Waals surface area contributed by atoms with Gasteiger partial charge in [0.2, 0.25) is 0 Å². The maximum absolute atomic E-state index is 6.10. The van der Waals surface area contributed by atoms with Crippen molar-refractivity contribution in [2.75, 3.05) is 31.6 Å². The lowest BCUT2D eigenvalue weighted by Crippen LogP contribution is -2.38. The van der Waals surface area contributed by atoms with Crippen molar-refractivity contribution in [3.05, 3.63) is 29.8 Å². The summed E-state index contributed by atoms with van der Waals surface area (Å²) in [5.74, 6) is 0. The van der Waals surface area contributed by atoms with Crippen LogP contribution in [-0.2, 0) is 0 Å².